The van der Waals surface area contributed by atoms with Crippen LogP contribution < -0.4 is 16.2 Å². The molecule has 2 N–H and O–H groups in total. The zero-order chi connectivity index (χ0) is 17.1. The Balaban J connectivity index is 1.88. The molecule has 1 amide bonds. The number of carbonyl (C=O) groups is 1. The van der Waals surface area contributed by atoms with E-state index in [2.05, 4.69) is 25.7 Å². The lowest BCUT2D eigenvalue weighted by molar-refractivity contribution is -0.117. The molecule has 0 spiro atoms. The Morgan fingerprint density at radius 3 is 2.79 bits per heavy atom. The van der Waals surface area contributed by atoms with Gasteiger partial charge in [0.05, 0.1) is 10.7 Å². The van der Waals surface area contributed by atoms with Crippen LogP contribution in [0.5, 0.6) is 0 Å². The fourth-order valence-corrected chi connectivity index (χ4v) is 3.37. The molecule has 0 atom stereocenters. The zero-order valence-electron chi connectivity index (χ0n) is 13.2. The Morgan fingerprint density at radius 2 is 2.08 bits per heavy atom. The molecule has 0 aliphatic rings. The number of anilines is 2. The Kier molecular flexibility index (Phi) is 4.52. The average molecular weight is 344 g/mol. The van der Waals surface area contributed by atoms with E-state index in [1.54, 1.807) is 6.07 Å². The van der Waals surface area contributed by atoms with Crippen molar-refractivity contribution < 1.29 is 4.79 Å². The van der Waals surface area contributed by atoms with Crippen molar-refractivity contribution in [2.75, 3.05) is 17.2 Å². The molecule has 8 nitrogen and oxygen atoms in total. The highest BCUT2D eigenvalue weighted by Crippen LogP contribution is 2.28. The molecule has 0 radical (unpaired) electrons. The van der Waals surface area contributed by atoms with Crippen molar-refractivity contribution >= 4 is 38.3 Å². The SMILES string of the molecule is CCNc1cc2c(C)nn(CC(=O)Nc3ncccn3)c(=O)c2s1. The van der Waals surface area contributed by atoms with Crippen LogP contribution in [0.3, 0.4) is 0 Å². The van der Waals surface area contributed by atoms with Gasteiger partial charge in [0.25, 0.3) is 5.56 Å². The molecule has 124 valence electrons. The molecule has 3 heterocycles. The fourth-order valence-electron chi connectivity index (χ4n) is 2.25. The summed E-state index contributed by atoms with van der Waals surface area (Å²) in [7, 11) is 0. The number of rotatable bonds is 5. The van der Waals surface area contributed by atoms with Crippen molar-refractivity contribution in [1.82, 2.24) is 19.7 Å². The van der Waals surface area contributed by atoms with E-state index in [1.807, 2.05) is 19.9 Å². The maximum atomic E-state index is 12.6. The average Bonchev–Trinajstić information content (AvgIpc) is 2.98. The molecule has 0 unspecified atom stereocenters. The third-order valence-electron chi connectivity index (χ3n) is 3.28. The second-order valence-electron chi connectivity index (χ2n) is 5.05. The highest BCUT2D eigenvalue weighted by molar-refractivity contribution is 7.22. The molecule has 24 heavy (non-hydrogen) atoms. The summed E-state index contributed by atoms with van der Waals surface area (Å²) in [6.45, 7) is 4.39. The van der Waals surface area contributed by atoms with E-state index in [9.17, 15) is 9.59 Å². The van der Waals surface area contributed by atoms with Crippen molar-refractivity contribution in [2.45, 2.75) is 20.4 Å². The first-order valence-electron chi connectivity index (χ1n) is 7.40. The molecule has 0 aliphatic heterocycles. The number of hydrogen-bond acceptors (Lipinski definition) is 7. The molecule has 0 fully saturated rings. The molecule has 0 aromatic carbocycles. The number of fused-ring (bicyclic) bond motifs is 1. The van der Waals surface area contributed by atoms with Crippen molar-refractivity contribution in [1.29, 1.82) is 0 Å². The largest absolute Gasteiger partial charge is 0.377 e. The van der Waals surface area contributed by atoms with E-state index in [1.165, 1.54) is 28.4 Å². The Morgan fingerprint density at radius 1 is 1.33 bits per heavy atom. The topological polar surface area (TPSA) is 102 Å². The third-order valence-corrected chi connectivity index (χ3v) is 4.36. The summed E-state index contributed by atoms with van der Waals surface area (Å²) in [6.07, 6.45) is 3.05. The summed E-state index contributed by atoms with van der Waals surface area (Å²) in [5.41, 5.74) is 0.419. The second-order valence-corrected chi connectivity index (χ2v) is 6.10. The second kappa shape index (κ2) is 6.75. The first-order chi connectivity index (χ1) is 11.6. The monoisotopic (exact) mass is 344 g/mol. The summed E-state index contributed by atoms with van der Waals surface area (Å²) in [4.78, 5) is 32.5. The lowest BCUT2D eigenvalue weighted by atomic mass is 10.3. The normalized spacial score (nSPS) is 10.8. The molecule has 3 aromatic rings. The van der Waals surface area contributed by atoms with E-state index in [-0.39, 0.29) is 18.1 Å². The van der Waals surface area contributed by atoms with Crippen LogP contribution in [-0.2, 0) is 11.3 Å². The summed E-state index contributed by atoms with van der Waals surface area (Å²) in [6, 6.07) is 3.56. The molecule has 9 heteroatoms. The zero-order valence-corrected chi connectivity index (χ0v) is 14.1. The number of nitrogens with zero attached hydrogens (tertiary/aromatic N) is 4. The van der Waals surface area contributed by atoms with Gasteiger partial charge in [0.1, 0.15) is 11.2 Å². The van der Waals surface area contributed by atoms with Crippen LogP contribution in [0, 0.1) is 6.92 Å². The van der Waals surface area contributed by atoms with Crippen LogP contribution in [0.25, 0.3) is 10.1 Å². The van der Waals surface area contributed by atoms with Gasteiger partial charge in [0.2, 0.25) is 11.9 Å². The van der Waals surface area contributed by atoms with Crippen LogP contribution >= 0.6 is 11.3 Å². The number of thiophene rings is 1. The van der Waals surface area contributed by atoms with Gasteiger partial charge in [-0.05, 0) is 26.0 Å². The van der Waals surface area contributed by atoms with Gasteiger partial charge in [-0.25, -0.2) is 14.6 Å². The molecule has 0 bridgehead atoms. The maximum Gasteiger partial charge on any atom is 0.285 e. The van der Waals surface area contributed by atoms with Crippen molar-refractivity contribution in [2.24, 2.45) is 0 Å². The van der Waals surface area contributed by atoms with Crippen LogP contribution in [0.15, 0.2) is 29.3 Å². The number of aromatic nitrogens is 4. The van der Waals surface area contributed by atoms with Gasteiger partial charge in [0, 0.05) is 24.3 Å². The molecule has 0 saturated carbocycles. The van der Waals surface area contributed by atoms with Crippen molar-refractivity contribution in [3.8, 4) is 0 Å². The van der Waals surface area contributed by atoms with E-state index in [0.29, 0.717) is 10.4 Å². The summed E-state index contributed by atoms with van der Waals surface area (Å²) in [5.74, 6) is -0.211. The number of hydrogen-bond donors (Lipinski definition) is 2. The van der Waals surface area contributed by atoms with E-state index in [4.69, 9.17) is 0 Å². The van der Waals surface area contributed by atoms with Gasteiger partial charge in [0.15, 0.2) is 0 Å². The van der Waals surface area contributed by atoms with E-state index >= 15 is 0 Å². The first-order valence-corrected chi connectivity index (χ1v) is 8.22. The lowest BCUT2D eigenvalue weighted by Crippen LogP contribution is -2.30. The van der Waals surface area contributed by atoms with E-state index in [0.717, 1.165) is 16.9 Å². The Labute approximate surface area is 141 Å². The predicted molar refractivity (Wildman–Crippen MR) is 93.4 cm³/mol. The maximum absolute atomic E-state index is 12.6. The number of amides is 1. The lowest BCUT2D eigenvalue weighted by Gasteiger charge is -2.06. The van der Waals surface area contributed by atoms with Crippen LogP contribution in [0.1, 0.15) is 12.6 Å². The Hall–Kier alpha value is -2.81. The first kappa shape index (κ1) is 16.1. The summed E-state index contributed by atoms with van der Waals surface area (Å²) >= 11 is 1.37. The van der Waals surface area contributed by atoms with Crippen LogP contribution in [0.4, 0.5) is 10.9 Å². The van der Waals surface area contributed by atoms with Gasteiger partial charge in [-0.3, -0.25) is 14.9 Å². The van der Waals surface area contributed by atoms with Crippen molar-refractivity contribution in [3.05, 3.63) is 40.6 Å². The van der Waals surface area contributed by atoms with Gasteiger partial charge < -0.3 is 5.32 Å². The molecule has 0 saturated heterocycles. The molecule has 0 aliphatic carbocycles. The number of aryl methyl sites for hydroxylation is 1. The minimum Gasteiger partial charge on any atom is -0.377 e. The number of carbonyl (C=O) groups excluding carboxylic acids is 1. The molecule has 3 aromatic heterocycles. The van der Waals surface area contributed by atoms with Gasteiger partial charge in [-0.15, -0.1) is 11.3 Å². The predicted octanol–water partition coefficient (Wildman–Crippen LogP) is 1.63. The quantitative estimate of drug-likeness (QED) is 0.729. The molecular formula is C15H16N6O2S. The van der Waals surface area contributed by atoms with Crippen LogP contribution in [0.2, 0.25) is 0 Å². The minimum atomic E-state index is -0.405. The number of nitrogens with one attached hydrogen (secondary N) is 2. The molecular weight excluding hydrogens is 328 g/mol. The highest BCUT2D eigenvalue weighted by Gasteiger charge is 2.14. The fraction of sp³-hybridized carbons (Fsp3) is 0.267. The van der Waals surface area contributed by atoms with Crippen LogP contribution in [-0.4, -0.2) is 32.2 Å². The van der Waals surface area contributed by atoms with E-state index < -0.39 is 5.91 Å². The summed E-state index contributed by atoms with van der Waals surface area (Å²) < 4.78 is 1.75. The van der Waals surface area contributed by atoms with Crippen molar-refractivity contribution in [3.63, 3.8) is 0 Å². The smallest absolute Gasteiger partial charge is 0.285 e. The van der Waals surface area contributed by atoms with Gasteiger partial charge in [-0.2, -0.15) is 5.10 Å². The Bertz CT molecular complexity index is 934. The van der Waals surface area contributed by atoms with Gasteiger partial charge in [-0.1, -0.05) is 0 Å². The highest BCUT2D eigenvalue weighted by atomic mass is 32.1. The third kappa shape index (κ3) is 3.25. The van der Waals surface area contributed by atoms with Gasteiger partial charge >= 0.3 is 0 Å². The molecule has 3 rings (SSSR count). The standard InChI is InChI=1S/C15H16N6O2S/c1-3-16-12-7-10-9(2)20-21(14(23)13(10)24-12)8-11(22)19-15-17-5-4-6-18-15/h4-7,16H,3,8H2,1-2H3,(H,17,18,19,22). The minimum absolute atomic E-state index is 0.192. The summed E-state index contributed by atoms with van der Waals surface area (Å²) in [5, 5.41) is 11.7.